The second-order valence-corrected chi connectivity index (χ2v) is 2.00. The molecule has 7 heteroatoms. The minimum atomic E-state index is 1.08. The van der Waals surface area contributed by atoms with Gasteiger partial charge in [0.15, 0.2) is 0 Å². The van der Waals surface area contributed by atoms with E-state index in [1.807, 2.05) is 6.08 Å². The van der Waals surface area contributed by atoms with Crippen LogP contribution in [-0.2, 0) is 44.8 Å². The van der Waals surface area contributed by atoms with Crippen molar-refractivity contribution in [1.82, 2.24) is 0 Å². The van der Waals surface area contributed by atoms with E-state index >= 15 is 0 Å². The van der Waals surface area contributed by atoms with Crippen molar-refractivity contribution in [2.24, 2.45) is 0 Å². The summed E-state index contributed by atoms with van der Waals surface area (Å²) in [6.07, 6.45) is 7.30. The molecule has 0 saturated heterocycles. The van der Waals surface area contributed by atoms with Gasteiger partial charge in [-0.25, -0.2) is 0 Å². The molecule has 0 aromatic rings. The van der Waals surface area contributed by atoms with Gasteiger partial charge >= 0.3 is 45.1 Å². The minimum absolute atomic E-state index is 1.08. The van der Waals surface area contributed by atoms with Crippen LogP contribution in [0.15, 0.2) is 22.7 Å². The van der Waals surface area contributed by atoms with Crippen LogP contribution in [0.25, 0.3) is 0 Å². The van der Waals surface area contributed by atoms with E-state index in [0.717, 1.165) is 6.42 Å². The third-order valence-corrected chi connectivity index (χ3v) is 1.16. The maximum absolute atomic E-state index is 7.50. The van der Waals surface area contributed by atoms with Crippen LogP contribution in [0.1, 0.15) is 6.42 Å². The number of hydrogen-bond acceptors (Lipinski definition) is 6. The molecule has 0 fully saturated rings. The van der Waals surface area contributed by atoms with E-state index in [0.29, 0.717) is 0 Å². The van der Waals surface area contributed by atoms with E-state index in [2.05, 4.69) is 68.9 Å². The first-order valence-corrected chi connectivity index (χ1v) is 3.72. The molecule has 0 heterocycles. The standard InChI is InChI=1S/C5H5.6CO.Mn/c1-2-4-5-3-1;6*1-2;/h1-3H,4H2;;;;;;;. The summed E-state index contributed by atoms with van der Waals surface area (Å²) < 4.78 is 1.28. The van der Waals surface area contributed by atoms with Gasteiger partial charge in [0.1, 0.15) is 0 Å². The van der Waals surface area contributed by atoms with Gasteiger partial charge in [0.2, 0.25) is 0 Å². The summed E-state index contributed by atoms with van der Waals surface area (Å²) in [7, 11) is 0. The van der Waals surface area contributed by atoms with Crippen molar-refractivity contribution < 1.29 is 44.8 Å². The summed E-state index contributed by atoms with van der Waals surface area (Å²) in [6.45, 7) is 27.0. The predicted octanol–water partition coefficient (Wildman–Crippen LogP) is -1.01. The Hall–Kier alpha value is -1.98. The van der Waals surface area contributed by atoms with E-state index in [9.17, 15) is 0 Å². The van der Waals surface area contributed by atoms with Crippen molar-refractivity contribution >= 4 is 40.7 Å². The Morgan fingerprint density at radius 1 is 0.722 bits per heavy atom. The van der Waals surface area contributed by atoms with Crippen molar-refractivity contribution in [3.8, 4) is 0 Å². The van der Waals surface area contributed by atoms with Gasteiger partial charge in [-0.2, -0.15) is 0 Å². The summed E-state index contributed by atoms with van der Waals surface area (Å²) in [5, 5.41) is 0. The molecule has 1 aliphatic rings. The van der Waals surface area contributed by atoms with Crippen molar-refractivity contribution in [2.75, 3.05) is 0 Å². The van der Waals surface area contributed by atoms with Crippen molar-refractivity contribution in [3.05, 3.63) is 22.7 Å². The average Bonchev–Trinajstić information content (AvgIpc) is 3.02. The molecule has 0 aliphatic heterocycles. The van der Waals surface area contributed by atoms with E-state index < -0.39 is 0 Å². The Morgan fingerprint density at radius 2 is 1.00 bits per heavy atom. The second-order valence-electron chi connectivity index (χ2n) is 1.25. The molecule has 1 rings (SSSR count). The topological polar surface area (TPSA) is 102 Å². The number of rotatable bonds is 0. The molecule has 0 amide bonds. The Bertz CT molecular complexity index is 169. The molecule has 0 spiro atoms. The molecular weight excluding hydrogens is 283 g/mol. The van der Waals surface area contributed by atoms with Crippen LogP contribution in [0.2, 0.25) is 0 Å². The van der Waals surface area contributed by atoms with Gasteiger partial charge in [-0.15, -0.1) is 0 Å². The molecule has 0 N–H and O–H groups in total. The van der Waals surface area contributed by atoms with Crippen LogP contribution in [0.4, 0.5) is 0 Å². The fourth-order valence-corrected chi connectivity index (χ4v) is 0.674. The van der Waals surface area contributed by atoms with Crippen molar-refractivity contribution in [1.29, 1.82) is 0 Å². The van der Waals surface area contributed by atoms with Gasteiger partial charge in [-0.3, -0.25) is 28.8 Å². The van der Waals surface area contributed by atoms with E-state index in [4.69, 9.17) is 28.8 Å². The summed E-state index contributed by atoms with van der Waals surface area (Å²) in [5.41, 5.74) is 0. The molecule has 6 nitrogen and oxygen atoms in total. The van der Waals surface area contributed by atoms with Crippen LogP contribution < -0.4 is 0 Å². The number of allylic oxidation sites excluding steroid dienone is 4. The average molecular weight is 288 g/mol. The Balaban J connectivity index is -0.0000000262. The summed E-state index contributed by atoms with van der Waals surface area (Å²) >= 11 is 3.34. The molecule has 12 radical (unpaired) electrons. The van der Waals surface area contributed by atoms with Gasteiger partial charge in [0.05, 0.1) is 0 Å². The van der Waals surface area contributed by atoms with Gasteiger partial charge < -0.3 is 0 Å². The number of hydrogen-bond donors (Lipinski definition) is 0. The van der Waals surface area contributed by atoms with E-state index in [1.54, 1.807) is 0 Å². The quantitative estimate of drug-likeness (QED) is 0.529. The molecule has 1 aliphatic carbocycles. The SMILES string of the molecule is [C]=O.[C]=O.[C]=O.[C]=O.[C]=O.[C]=O.[Mn][C]1=CC=CC1. The zero-order chi connectivity index (χ0) is 16.4. The first-order chi connectivity index (χ1) is 8.89. The van der Waals surface area contributed by atoms with Gasteiger partial charge in [-0.1, -0.05) is 0 Å². The van der Waals surface area contributed by atoms with Gasteiger partial charge in [0, 0.05) is 0 Å². The van der Waals surface area contributed by atoms with Crippen LogP contribution in [-0.4, -0.2) is 40.7 Å². The summed E-state index contributed by atoms with van der Waals surface area (Å²) in [6, 6.07) is 0. The molecule has 0 atom stereocenters. The van der Waals surface area contributed by atoms with Crippen LogP contribution in [0.3, 0.4) is 0 Å². The van der Waals surface area contributed by atoms with Gasteiger partial charge in [-0.05, 0) is 0 Å². The Labute approximate surface area is 115 Å². The zero-order valence-corrected chi connectivity index (χ0v) is 9.95. The van der Waals surface area contributed by atoms with Gasteiger partial charge in [0.25, 0.3) is 40.7 Å². The predicted molar refractivity (Wildman–Crippen MR) is 56.0 cm³/mol. The summed E-state index contributed by atoms with van der Waals surface area (Å²) in [5.74, 6) is 0. The zero-order valence-electron chi connectivity index (χ0n) is 8.77. The van der Waals surface area contributed by atoms with E-state index in [-0.39, 0.29) is 0 Å². The first-order valence-electron chi connectivity index (χ1n) is 3.13. The normalized spacial score (nSPS) is 7.50. The maximum atomic E-state index is 7.50. The molecule has 18 heavy (non-hydrogen) atoms. The molecule has 0 bridgehead atoms. The summed E-state index contributed by atoms with van der Waals surface area (Å²) in [4.78, 5) is 45.0. The Morgan fingerprint density at radius 3 is 1.06 bits per heavy atom. The van der Waals surface area contributed by atoms with E-state index in [1.165, 1.54) is 4.47 Å². The molecule has 0 unspecified atom stereocenters. The monoisotopic (exact) mass is 288 g/mol. The molecular formula is C11H5MnO6. The number of carbonyl (C=O) groups excluding carboxylic acids is 6. The third-order valence-electron chi connectivity index (χ3n) is 0.726. The van der Waals surface area contributed by atoms with Crippen LogP contribution in [0.5, 0.6) is 0 Å². The van der Waals surface area contributed by atoms with Crippen molar-refractivity contribution in [2.45, 2.75) is 6.42 Å². The van der Waals surface area contributed by atoms with Crippen LogP contribution >= 0.6 is 0 Å². The molecule has 0 saturated carbocycles. The fraction of sp³-hybridized carbons (Fsp3) is 0.0909. The second kappa shape index (κ2) is 117. The molecule has 92 valence electrons. The third kappa shape index (κ3) is 94.3. The Kier molecular flexibility index (Phi) is 234. The first kappa shape index (κ1) is 36.0. The molecule has 0 aromatic carbocycles. The fourth-order valence-electron chi connectivity index (χ4n) is 0.421. The molecule has 0 aromatic heterocycles. The van der Waals surface area contributed by atoms with Crippen molar-refractivity contribution in [3.63, 3.8) is 0 Å². The van der Waals surface area contributed by atoms with Crippen LogP contribution in [0, 0.1) is 0 Å².